The Morgan fingerprint density at radius 3 is 2.50 bits per heavy atom. The van der Waals surface area contributed by atoms with Gasteiger partial charge < -0.3 is 4.74 Å². The molecule has 1 heterocycles. The van der Waals surface area contributed by atoms with Gasteiger partial charge in [-0.3, -0.25) is 19.4 Å². The number of halogens is 1. The van der Waals surface area contributed by atoms with Gasteiger partial charge in [0.05, 0.1) is 13.7 Å². The molecule has 0 bridgehead atoms. The first-order chi connectivity index (χ1) is 11.5. The van der Waals surface area contributed by atoms with E-state index in [0.29, 0.717) is 11.3 Å². The van der Waals surface area contributed by atoms with Gasteiger partial charge in [0, 0.05) is 16.1 Å². The second kappa shape index (κ2) is 6.93. The normalized spacial score (nSPS) is 19.3. The van der Waals surface area contributed by atoms with Gasteiger partial charge in [0.1, 0.15) is 5.75 Å². The summed E-state index contributed by atoms with van der Waals surface area (Å²) in [5.74, 6) is -0.893. The van der Waals surface area contributed by atoms with E-state index in [2.05, 4.69) is 15.9 Å². The number of nitrogens with zero attached hydrogens (tertiary/aromatic N) is 2. The lowest BCUT2D eigenvalue weighted by atomic mass is 9.94. The van der Waals surface area contributed by atoms with Gasteiger partial charge in [-0.2, -0.15) is 0 Å². The highest BCUT2D eigenvalue weighted by atomic mass is 79.9. The Morgan fingerprint density at radius 2 is 1.83 bits per heavy atom. The smallest absolute Gasteiger partial charge is 0.334 e. The van der Waals surface area contributed by atoms with E-state index in [1.54, 1.807) is 12.1 Å². The van der Waals surface area contributed by atoms with Crippen molar-refractivity contribution in [1.82, 2.24) is 9.80 Å². The van der Waals surface area contributed by atoms with Crippen LogP contribution in [0.4, 0.5) is 4.79 Å². The summed E-state index contributed by atoms with van der Waals surface area (Å²) in [5, 5.41) is 0. The first-order valence-electron chi connectivity index (χ1n) is 8.04. The van der Waals surface area contributed by atoms with E-state index in [1.807, 2.05) is 6.07 Å². The molecule has 1 saturated heterocycles. The predicted octanol–water partition coefficient (Wildman–Crippen LogP) is 3.08. The average Bonchev–Trinajstić information content (AvgIpc) is 2.79. The van der Waals surface area contributed by atoms with Crippen molar-refractivity contribution in [1.29, 1.82) is 0 Å². The average molecular weight is 395 g/mol. The summed E-state index contributed by atoms with van der Waals surface area (Å²) < 4.78 is 6.10. The minimum atomic E-state index is -0.757. The lowest BCUT2D eigenvalue weighted by molar-refractivity contribution is -0.144. The fourth-order valence-corrected chi connectivity index (χ4v) is 3.77. The van der Waals surface area contributed by atoms with Crippen molar-refractivity contribution >= 4 is 33.8 Å². The number of urea groups is 1. The van der Waals surface area contributed by atoms with Crippen LogP contribution >= 0.6 is 15.9 Å². The molecule has 1 aromatic carbocycles. The summed E-state index contributed by atoms with van der Waals surface area (Å²) in [6, 6.07) is 4.68. The van der Waals surface area contributed by atoms with Gasteiger partial charge in [-0.1, -0.05) is 35.2 Å². The lowest BCUT2D eigenvalue weighted by Crippen LogP contribution is -2.42. The maximum absolute atomic E-state index is 12.7. The molecule has 6 nitrogen and oxygen atoms in total. The van der Waals surface area contributed by atoms with Crippen molar-refractivity contribution in [2.75, 3.05) is 7.11 Å². The third-order valence-electron chi connectivity index (χ3n) is 4.59. The molecule has 0 aromatic heterocycles. The van der Waals surface area contributed by atoms with Crippen LogP contribution in [0.2, 0.25) is 0 Å². The maximum atomic E-state index is 12.7. The number of carbonyl (C=O) groups excluding carboxylic acids is 3. The summed E-state index contributed by atoms with van der Waals surface area (Å²) in [4.78, 5) is 39.5. The highest BCUT2D eigenvalue weighted by Crippen LogP contribution is 2.30. The summed E-state index contributed by atoms with van der Waals surface area (Å²) in [7, 11) is 1.53. The molecule has 7 heteroatoms. The number of methoxy groups -OCH3 is 1. The first kappa shape index (κ1) is 17.0. The van der Waals surface area contributed by atoms with Crippen molar-refractivity contribution < 1.29 is 19.1 Å². The SMILES string of the molecule is COc1ccc(Br)cc1CN1C(=O)C(=O)N(C2CCCCC2)C1=O. The van der Waals surface area contributed by atoms with Crippen LogP contribution < -0.4 is 4.74 Å². The molecule has 3 rings (SSSR count). The van der Waals surface area contributed by atoms with Crippen LogP contribution in [0.15, 0.2) is 22.7 Å². The zero-order chi connectivity index (χ0) is 17.3. The molecule has 1 aliphatic carbocycles. The number of hydrogen-bond acceptors (Lipinski definition) is 4. The van der Waals surface area contributed by atoms with Gasteiger partial charge in [0.15, 0.2) is 0 Å². The van der Waals surface area contributed by atoms with Crippen molar-refractivity contribution in [3.8, 4) is 5.75 Å². The van der Waals surface area contributed by atoms with Crippen LogP contribution in [0, 0.1) is 0 Å². The highest BCUT2D eigenvalue weighted by Gasteiger charge is 2.47. The molecule has 128 valence electrons. The van der Waals surface area contributed by atoms with E-state index in [-0.39, 0.29) is 12.6 Å². The van der Waals surface area contributed by atoms with Gasteiger partial charge in [-0.25, -0.2) is 4.79 Å². The molecule has 1 aliphatic heterocycles. The summed E-state index contributed by atoms with van der Waals surface area (Å²) in [5.41, 5.74) is 0.673. The Labute approximate surface area is 148 Å². The number of rotatable bonds is 4. The Morgan fingerprint density at radius 1 is 1.12 bits per heavy atom. The summed E-state index contributed by atoms with van der Waals surface area (Å²) in [6.07, 6.45) is 4.63. The van der Waals surface area contributed by atoms with Crippen molar-refractivity contribution in [3.05, 3.63) is 28.2 Å². The molecular formula is C17H19BrN2O4. The highest BCUT2D eigenvalue weighted by molar-refractivity contribution is 9.10. The molecule has 24 heavy (non-hydrogen) atoms. The standard InChI is InChI=1S/C17H19BrN2O4/c1-24-14-8-7-12(18)9-11(14)10-19-15(21)16(22)20(17(19)23)13-5-3-2-4-6-13/h7-9,13H,2-6,10H2,1H3. The molecule has 2 aliphatic rings. The van der Waals surface area contributed by atoms with Gasteiger partial charge in [0.25, 0.3) is 0 Å². The van der Waals surface area contributed by atoms with Crippen LogP contribution in [0.1, 0.15) is 37.7 Å². The zero-order valence-electron chi connectivity index (χ0n) is 13.5. The lowest BCUT2D eigenvalue weighted by Gasteiger charge is -2.28. The predicted molar refractivity (Wildman–Crippen MR) is 90.4 cm³/mol. The monoisotopic (exact) mass is 394 g/mol. The number of ether oxygens (including phenoxy) is 1. The Hall–Kier alpha value is -1.89. The molecule has 0 spiro atoms. The fourth-order valence-electron chi connectivity index (χ4n) is 3.36. The first-order valence-corrected chi connectivity index (χ1v) is 8.83. The van der Waals surface area contributed by atoms with Gasteiger partial charge >= 0.3 is 17.8 Å². The van der Waals surface area contributed by atoms with E-state index >= 15 is 0 Å². The molecule has 2 fully saturated rings. The second-order valence-electron chi connectivity index (χ2n) is 6.10. The molecule has 0 N–H and O–H groups in total. The van der Waals surface area contributed by atoms with E-state index in [1.165, 1.54) is 7.11 Å². The van der Waals surface area contributed by atoms with E-state index in [9.17, 15) is 14.4 Å². The van der Waals surface area contributed by atoms with E-state index < -0.39 is 17.8 Å². The van der Waals surface area contributed by atoms with Crippen LogP contribution in [0.5, 0.6) is 5.75 Å². The van der Waals surface area contributed by atoms with E-state index in [4.69, 9.17) is 4.74 Å². The zero-order valence-corrected chi connectivity index (χ0v) is 15.0. The number of amides is 4. The minimum absolute atomic E-state index is 0.0231. The summed E-state index contributed by atoms with van der Waals surface area (Å²) in [6.45, 7) is 0.0231. The van der Waals surface area contributed by atoms with Crippen LogP contribution in [-0.2, 0) is 16.1 Å². The second-order valence-corrected chi connectivity index (χ2v) is 7.01. The Bertz CT molecular complexity index is 685. The van der Waals surface area contributed by atoms with Crippen LogP contribution in [-0.4, -0.2) is 40.8 Å². The van der Waals surface area contributed by atoms with Crippen LogP contribution in [0.3, 0.4) is 0 Å². The van der Waals surface area contributed by atoms with Gasteiger partial charge in [-0.15, -0.1) is 0 Å². The quantitative estimate of drug-likeness (QED) is 0.581. The molecular weight excluding hydrogens is 376 g/mol. The molecule has 0 atom stereocenters. The minimum Gasteiger partial charge on any atom is -0.496 e. The van der Waals surface area contributed by atoms with Gasteiger partial charge in [0.2, 0.25) is 0 Å². The number of hydrogen-bond donors (Lipinski definition) is 0. The fraction of sp³-hybridized carbons (Fsp3) is 0.471. The van der Waals surface area contributed by atoms with Crippen molar-refractivity contribution in [2.45, 2.75) is 44.7 Å². The summed E-state index contributed by atoms with van der Waals surface area (Å²) >= 11 is 3.37. The largest absolute Gasteiger partial charge is 0.496 e. The van der Waals surface area contributed by atoms with Gasteiger partial charge in [-0.05, 0) is 31.0 Å². The van der Waals surface area contributed by atoms with Crippen molar-refractivity contribution in [3.63, 3.8) is 0 Å². The number of carbonyl (C=O) groups is 3. The molecule has 1 aromatic rings. The van der Waals surface area contributed by atoms with Crippen LogP contribution in [0.25, 0.3) is 0 Å². The molecule has 4 amide bonds. The Kier molecular flexibility index (Phi) is 4.89. The molecule has 0 radical (unpaired) electrons. The Balaban J connectivity index is 1.84. The van der Waals surface area contributed by atoms with E-state index in [0.717, 1.165) is 46.4 Å². The third-order valence-corrected chi connectivity index (χ3v) is 5.09. The third kappa shape index (κ3) is 3.05. The topological polar surface area (TPSA) is 66.9 Å². The van der Waals surface area contributed by atoms with Crippen molar-refractivity contribution in [2.24, 2.45) is 0 Å². The molecule has 1 saturated carbocycles. The number of imide groups is 2. The molecule has 0 unspecified atom stereocenters. The maximum Gasteiger partial charge on any atom is 0.334 e. The number of benzene rings is 1.